The highest BCUT2D eigenvalue weighted by atomic mass is 16.5. The van der Waals surface area contributed by atoms with Crippen LogP contribution in [0.2, 0.25) is 0 Å². The van der Waals surface area contributed by atoms with Gasteiger partial charge in [0.1, 0.15) is 5.75 Å². The lowest BCUT2D eigenvalue weighted by atomic mass is 10.1. The van der Waals surface area contributed by atoms with E-state index in [9.17, 15) is 14.7 Å². The van der Waals surface area contributed by atoms with Crippen LogP contribution in [0.3, 0.4) is 0 Å². The van der Waals surface area contributed by atoms with Crippen molar-refractivity contribution in [1.29, 1.82) is 0 Å². The van der Waals surface area contributed by atoms with Crippen molar-refractivity contribution in [3.63, 3.8) is 0 Å². The fraction of sp³-hybridized carbons (Fsp3) is 0.600. The second-order valence-electron chi connectivity index (χ2n) is 8.68. The molecule has 0 radical (unpaired) electrons. The third-order valence-corrected chi connectivity index (χ3v) is 6.23. The molecule has 1 saturated carbocycles. The summed E-state index contributed by atoms with van der Waals surface area (Å²) in [5.74, 6) is 0.202. The molecule has 0 bridgehead atoms. The minimum atomic E-state index is -0.755. The number of carbonyl (C=O) groups is 2. The van der Waals surface area contributed by atoms with Gasteiger partial charge < -0.3 is 19.8 Å². The number of carboxylic acids is 1. The van der Waals surface area contributed by atoms with Gasteiger partial charge in [0.25, 0.3) is 0 Å². The summed E-state index contributed by atoms with van der Waals surface area (Å²) in [6, 6.07) is 7.66. The Labute approximate surface area is 184 Å². The summed E-state index contributed by atoms with van der Waals surface area (Å²) in [5.41, 5.74) is 0.793. The van der Waals surface area contributed by atoms with Crippen molar-refractivity contribution in [2.24, 2.45) is 0 Å². The highest BCUT2D eigenvalue weighted by molar-refractivity contribution is 5.79. The van der Waals surface area contributed by atoms with E-state index in [0.29, 0.717) is 19.4 Å². The molecule has 1 aromatic carbocycles. The average Bonchev–Trinajstić information content (AvgIpc) is 3.38. The Bertz CT molecular complexity index is 756. The number of rotatable bonds is 12. The van der Waals surface area contributed by atoms with Crippen molar-refractivity contribution in [1.82, 2.24) is 4.90 Å². The molecule has 2 N–H and O–H groups in total. The summed E-state index contributed by atoms with van der Waals surface area (Å²) in [4.78, 5) is 24.7. The molecule has 31 heavy (non-hydrogen) atoms. The van der Waals surface area contributed by atoms with Crippen LogP contribution in [-0.4, -0.2) is 45.7 Å². The minimum Gasteiger partial charge on any atom is -0.490 e. The normalized spacial score (nSPS) is 20.6. The third-order valence-electron chi connectivity index (χ3n) is 6.23. The second-order valence-corrected chi connectivity index (χ2v) is 8.68. The lowest BCUT2D eigenvalue weighted by Gasteiger charge is -2.22. The molecule has 170 valence electrons. The number of nitrogens with zero attached hydrogens (tertiary/aromatic N) is 1. The lowest BCUT2D eigenvalue weighted by molar-refractivity contribution is -0.137. The smallest absolute Gasteiger partial charge is 0.303 e. The molecule has 1 saturated heterocycles. The molecule has 6 heteroatoms. The zero-order chi connectivity index (χ0) is 22.1. The molecule has 2 atom stereocenters. The summed E-state index contributed by atoms with van der Waals surface area (Å²) < 4.78 is 6.04. The quantitative estimate of drug-likeness (QED) is 0.374. The topological polar surface area (TPSA) is 87.1 Å². The molecule has 3 rings (SSSR count). The van der Waals surface area contributed by atoms with Crippen molar-refractivity contribution in [3.05, 3.63) is 42.0 Å². The van der Waals surface area contributed by atoms with Crippen LogP contribution in [0.4, 0.5) is 0 Å². The first-order valence-corrected chi connectivity index (χ1v) is 11.7. The maximum absolute atomic E-state index is 12.3. The van der Waals surface area contributed by atoms with Crippen LogP contribution >= 0.6 is 0 Å². The van der Waals surface area contributed by atoms with Crippen LogP contribution in [0, 0.1) is 0 Å². The third kappa shape index (κ3) is 7.39. The largest absolute Gasteiger partial charge is 0.490 e. The Morgan fingerprint density at radius 3 is 2.71 bits per heavy atom. The average molecular weight is 430 g/mol. The molecule has 1 aliphatic carbocycles. The summed E-state index contributed by atoms with van der Waals surface area (Å²) in [6.07, 6.45) is 12.8. The van der Waals surface area contributed by atoms with Crippen LogP contribution in [0.15, 0.2) is 36.4 Å². The van der Waals surface area contributed by atoms with Gasteiger partial charge in [-0.2, -0.15) is 0 Å². The van der Waals surface area contributed by atoms with Gasteiger partial charge in [-0.05, 0) is 62.6 Å². The highest BCUT2D eigenvalue weighted by Crippen LogP contribution is 2.27. The number of hydrogen-bond donors (Lipinski definition) is 2. The number of aliphatic carboxylic acids is 1. The van der Waals surface area contributed by atoms with E-state index in [2.05, 4.69) is 0 Å². The number of aliphatic hydroxyl groups is 1. The number of carboxylic acid groups (broad SMARTS) is 1. The molecular weight excluding hydrogens is 394 g/mol. The SMILES string of the molecule is O=C(O)CCCCCCN1C(=O)CC[C@@H]1C=CC(O)c1cccc(OC2CCCC2)c1. The van der Waals surface area contributed by atoms with Gasteiger partial charge in [0, 0.05) is 19.4 Å². The van der Waals surface area contributed by atoms with Crippen LogP contribution in [0.1, 0.15) is 82.3 Å². The van der Waals surface area contributed by atoms with Gasteiger partial charge in [-0.25, -0.2) is 0 Å². The zero-order valence-electron chi connectivity index (χ0n) is 18.2. The molecule has 2 aliphatic rings. The maximum atomic E-state index is 12.3. The van der Waals surface area contributed by atoms with Crippen LogP contribution in [0.5, 0.6) is 5.75 Å². The monoisotopic (exact) mass is 429 g/mol. The molecule has 1 heterocycles. The van der Waals surface area contributed by atoms with E-state index in [1.54, 1.807) is 6.08 Å². The molecular formula is C25H35NO5. The summed E-state index contributed by atoms with van der Waals surface area (Å²) in [6.45, 7) is 0.682. The van der Waals surface area contributed by atoms with Gasteiger partial charge in [0.05, 0.1) is 18.2 Å². The number of aliphatic hydroxyl groups excluding tert-OH is 1. The van der Waals surface area contributed by atoms with Gasteiger partial charge in [-0.1, -0.05) is 37.1 Å². The fourth-order valence-electron chi connectivity index (χ4n) is 4.47. The zero-order valence-corrected chi connectivity index (χ0v) is 18.2. The number of benzene rings is 1. The van der Waals surface area contributed by atoms with Crippen LogP contribution in [0.25, 0.3) is 0 Å². The Hall–Kier alpha value is -2.34. The van der Waals surface area contributed by atoms with Crippen molar-refractivity contribution in [3.8, 4) is 5.75 Å². The molecule has 6 nitrogen and oxygen atoms in total. The van der Waals surface area contributed by atoms with Crippen molar-refractivity contribution in [2.45, 2.75) is 88.9 Å². The molecule has 1 aliphatic heterocycles. The highest BCUT2D eigenvalue weighted by Gasteiger charge is 2.28. The van der Waals surface area contributed by atoms with E-state index < -0.39 is 12.1 Å². The number of ether oxygens (including phenoxy) is 1. The van der Waals surface area contributed by atoms with Gasteiger partial charge in [0.2, 0.25) is 5.91 Å². The number of carbonyl (C=O) groups excluding carboxylic acids is 1. The van der Waals surface area contributed by atoms with Crippen molar-refractivity contribution < 1.29 is 24.5 Å². The number of amides is 1. The van der Waals surface area contributed by atoms with E-state index in [1.807, 2.05) is 35.2 Å². The molecule has 1 unspecified atom stereocenters. The molecule has 0 aromatic heterocycles. The summed E-state index contributed by atoms with van der Waals surface area (Å²) >= 11 is 0. The Balaban J connectivity index is 1.48. The van der Waals surface area contributed by atoms with Crippen LogP contribution in [-0.2, 0) is 9.59 Å². The first-order valence-electron chi connectivity index (χ1n) is 11.7. The first kappa shape index (κ1) is 23.3. The van der Waals surface area contributed by atoms with E-state index in [4.69, 9.17) is 9.84 Å². The standard InChI is InChI=1S/C25H35NO5/c27-23(19-8-7-11-22(18-19)31-21-9-4-5-10-21)15-13-20-14-16-24(28)26(20)17-6-2-1-3-12-25(29)30/h7-8,11,13,15,18,20-21,23,27H,1-6,9-10,12,14,16-17H2,(H,29,30)/t20-,23?/m0/s1. The summed E-state index contributed by atoms with van der Waals surface area (Å²) in [7, 11) is 0. The second kappa shape index (κ2) is 11.9. The van der Waals surface area contributed by atoms with E-state index in [-0.39, 0.29) is 24.5 Å². The van der Waals surface area contributed by atoms with Gasteiger partial charge in [0.15, 0.2) is 0 Å². The predicted molar refractivity (Wildman–Crippen MR) is 119 cm³/mol. The van der Waals surface area contributed by atoms with Crippen molar-refractivity contribution in [2.75, 3.05) is 6.54 Å². The van der Waals surface area contributed by atoms with E-state index >= 15 is 0 Å². The molecule has 0 spiro atoms. The lowest BCUT2D eigenvalue weighted by Crippen LogP contribution is -2.32. The maximum Gasteiger partial charge on any atom is 0.303 e. The van der Waals surface area contributed by atoms with Crippen molar-refractivity contribution >= 4 is 11.9 Å². The summed E-state index contributed by atoms with van der Waals surface area (Å²) in [5, 5.41) is 19.3. The minimum absolute atomic E-state index is 0.0130. The Morgan fingerprint density at radius 2 is 1.94 bits per heavy atom. The van der Waals surface area contributed by atoms with Gasteiger partial charge in [-0.3, -0.25) is 9.59 Å². The molecule has 2 fully saturated rings. The van der Waals surface area contributed by atoms with E-state index in [1.165, 1.54) is 12.8 Å². The van der Waals surface area contributed by atoms with E-state index in [0.717, 1.165) is 49.8 Å². The predicted octanol–water partition coefficient (Wildman–Crippen LogP) is 4.62. The number of likely N-dealkylation sites (tertiary alicyclic amines) is 1. The Kier molecular flexibility index (Phi) is 8.95. The van der Waals surface area contributed by atoms with Gasteiger partial charge in [-0.15, -0.1) is 0 Å². The number of unbranched alkanes of at least 4 members (excludes halogenated alkanes) is 3. The first-order chi connectivity index (χ1) is 15.0. The molecule has 1 aromatic rings. The Morgan fingerprint density at radius 1 is 1.16 bits per heavy atom. The molecule has 1 amide bonds. The number of hydrogen-bond acceptors (Lipinski definition) is 4. The van der Waals surface area contributed by atoms with Crippen LogP contribution < -0.4 is 4.74 Å². The van der Waals surface area contributed by atoms with Gasteiger partial charge >= 0.3 is 5.97 Å². The fourth-order valence-corrected chi connectivity index (χ4v) is 4.47.